The Labute approximate surface area is 168 Å². The molecule has 0 saturated heterocycles. The third kappa shape index (κ3) is 3.42. The van der Waals surface area contributed by atoms with Crippen molar-refractivity contribution in [3.05, 3.63) is 80.3 Å². The zero-order chi connectivity index (χ0) is 19.7. The Kier molecular flexibility index (Phi) is 5.18. The van der Waals surface area contributed by atoms with E-state index in [-0.39, 0.29) is 17.7 Å². The molecular weight excluding hydrogens is 370 g/mol. The lowest BCUT2D eigenvalue weighted by atomic mass is 9.83. The van der Waals surface area contributed by atoms with Gasteiger partial charge in [-0.3, -0.25) is 4.79 Å². The van der Waals surface area contributed by atoms with Crippen molar-refractivity contribution in [1.82, 2.24) is 4.98 Å². The molecule has 28 heavy (non-hydrogen) atoms. The minimum absolute atomic E-state index is 0.107. The maximum absolute atomic E-state index is 13.1. The van der Waals surface area contributed by atoms with Crippen LogP contribution >= 0.6 is 11.3 Å². The zero-order valence-electron chi connectivity index (χ0n) is 16.1. The molecule has 5 heteroatoms. The molecule has 0 fully saturated rings. The van der Waals surface area contributed by atoms with Gasteiger partial charge in [-0.25, -0.2) is 4.79 Å². The first kappa shape index (κ1) is 18.7. The third-order valence-electron chi connectivity index (χ3n) is 5.40. The first-order chi connectivity index (χ1) is 13.6. The molecular formula is C23H23NO3S. The van der Waals surface area contributed by atoms with Crippen molar-refractivity contribution in [2.24, 2.45) is 0 Å². The number of hydrogen-bond acceptors (Lipinski definition) is 4. The molecule has 1 aliphatic carbocycles. The highest BCUT2D eigenvalue weighted by molar-refractivity contribution is 7.10. The van der Waals surface area contributed by atoms with E-state index >= 15 is 0 Å². The van der Waals surface area contributed by atoms with Crippen LogP contribution in [0.25, 0.3) is 0 Å². The molecule has 0 radical (unpaired) electrons. The topological polar surface area (TPSA) is 59.2 Å². The molecule has 1 N–H and O–H groups in total. The fourth-order valence-electron chi connectivity index (χ4n) is 4.01. The van der Waals surface area contributed by atoms with E-state index in [1.165, 1.54) is 4.88 Å². The Morgan fingerprint density at radius 2 is 2.04 bits per heavy atom. The van der Waals surface area contributed by atoms with Gasteiger partial charge in [-0.15, -0.1) is 11.3 Å². The highest BCUT2D eigenvalue weighted by atomic mass is 32.1. The standard InChI is InChI=1S/C23H23NO3S/c1-3-27-23(26)22-17(11-15-8-5-4-7-14(15)2)21-18(24-22)12-16(13-19(21)25)20-9-6-10-28-20/h4-10,16,24H,3,11-13H2,1-2H3/t16-/m0/s1. The molecule has 0 spiro atoms. The van der Waals surface area contributed by atoms with Gasteiger partial charge in [0, 0.05) is 34.9 Å². The average molecular weight is 394 g/mol. The van der Waals surface area contributed by atoms with Crippen LogP contribution in [0.2, 0.25) is 0 Å². The van der Waals surface area contributed by atoms with Crippen LogP contribution in [0.1, 0.15) is 67.4 Å². The molecule has 2 aromatic heterocycles. The van der Waals surface area contributed by atoms with Crippen LogP contribution in [0.3, 0.4) is 0 Å². The summed E-state index contributed by atoms with van der Waals surface area (Å²) in [6.45, 7) is 4.14. The number of Topliss-reactive ketones (excluding diaryl/α,β-unsaturated/α-hetero) is 1. The zero-order valence-corrected chi connectivity index (χ0v) is 16.9. The summed E-state index contributed by atoms with van der Waals surface area (Å²) < 4.78 is 5.27. The molecule has 0 aliphatic heterocycles. The summed E-state index contributed by atoms with van der Waals surface area (Å²) in [6.07, 6.45) is 1.76. The SMILES string of the molecule is CCOC(=O)c1[nH]c2c(c1Cc1ccccc1C)C(=O)C[C@@H](c1cccs1)C2. The van der Waals surface area contributed by atoms with Gasteiger partial charge in [0.1, 0.15) is 5.69 Å². The van der Waals surface area contributed by atoms with Gasteiger partial charge in [-0.1, -0.05) is 30.3 Å². The number of aryl methyl sites for hydroxylation is 1. The molecule has 4 nitrogen and oxygen atoms in total. The van der Waals surface area contributed by atoms with E-state index in [4.69, 9.17) is 4.74 Å². The van der Waals surface area contributed by atoms with E-state index in [1.807, 2.05) is 42.6 Å². The van der Waals surface area contributed by atoms with Crippen LogP contribution in [0.15, 0.2) is 41.8 Å². The number of benzene rings is 1. The number of H-pyrrole nitrogens is 1. The molecule has 1 aliphatic rings. The highest BCUT2D eigenvalue weighted by Crippen LogP contribution is 2.38. The molecule has 2 heterocycles. The van der Waals surface area contributed by atoms with Gasteiger partial charge in [0.05, 0.1) is 6.61 Å². The molecule has 0 bridgehead atoms. The van der Waals surface area contributed by atoms with Crippen LogP contribution in [0.4, 0.5) is 0 Å². The Morgan fingerprint density at radius 3 is 2.75 bits per heavy atom. The van der Waals surface area contributed by atoms with E-state index in [0.717, 1.165) is 28.8 Å². The predicted molar refractivity (Wildman–Crippen MR) is 110 cm³/mol. The number of carbonyl (C=O) groups is 2. The number of carbonyl (C=O) groups excluding carboxylic acids is 2. The fraction of sp³-hybridized carbons (Fsp3) is 0.304. The van der Waals surface area contributed by atoms with Gasteiger partial charge in [-0.2, -0.15) is 0 Å². The Hall–Kier alpha value is -2.66. The van der Waals surface area contributed by atoms with E-state index < -0.39 is 0 Å². The molecule has 0 amide bonds. The van der Waals surface area contributed by atoms with E-state index in [2.05, 4.69) is 11.1 Å². The second-order valence-corrected chi connectivity index (χ2v) is 8.18. The van der Waals surface area contributed by atoms with Crippen LogP contribution in [-0.2, 0) is 17.6 Å². The van der Waals surface area contributed by atoms with E-state index in [0.29, 0.717) is 30.7 Å². The minimum Gasteiger partial charge on any atom is -0.461 e. The minimum atomic E-state index is -0.388. The Bertz CT molecular complexity index is 1020. The lowest BCUT2D eigenvalue weighted by molar-refractivity contribution is 0.0519. The van der Waals surface area contributed by atoms with E-state index in [1.54, 1.807) is 18.3 Å². The van der Waals surface area contributed by atoms with Gasteiger partial charge in [0.2, 0.25) is 0 Å². The Balaban J connectivity index is 1.77. The lowest BCUT2D eigenvalue weighted by Gasteiger charge is -2.21. The van der Waals surface area contributed by atoms with Gasteiger partial charge < -0.3 is 9.72 Å². The number of ketones is 1. The van der Waals surface area contributed by atoms with Crippen LogP contribution in [0, 0.1) is 6.92 Å². The summed E-state index contributed by atoms with van der Waals surface area (Å²) in [5.74, 6) is -0.115. The van der Waals surface area contributed by atoms with Gasteiger partial charge in [0.25, 0.3) is 0 Å². The van der Waals surface area contributed by atoms with Crippen LogP contribution in [-0.4, -0.2) is 23.3 Å². The van der Waals surface area contributed by atoms with Crippen molar-refractivity contribution in [3.8, 4) is 0 Å². The number of ether oxygens (including phenoxy) is 1. The van der Waals surface area contributed by atoms with Gasteiger partial charge in [-0.05, 0) is 48.4 Å². The van der Waals surface area contributed by atoms with Crippen molar-refractivity contribution >= 4 is 23.1 Å². The normalized spacial score (nSPS) is 16.1. The van der Waals surface area contributed by atoms with E-state index in [9.17, 15) is 9.59 Å². The molecule has 0 saturated carbocycles. The molecule has 4 rings (SSSR count). The molecule has 0 unspecified atom stereocenters. The smallest absolute Gasteiger partial charge is 0.355 e. The number of thiophene rings is 1. The molecule has 3 aromatic rings. The van der Waals surface area contributed by atoms with Gasteiger partial charge in [0.15, 0.2) is 5.78 Å². The summed E-state index contributed by atoms with van der Waals surface area (Å²) in [6, 6.07) is 12.2. The molecule has 1 atom stereocenters. The number of esters is 1. The summed E-state index contributed by atoms with van der Waals surface area (Å²) in [5, 5.41) is 2.04. The summed E-state index contributed by atoms with van der Waals surface area (Å²) in [4.78, 5) is 30.2. The number of aromatic nitrogens is 1. The maximum Gasteiger partial charge on any atom is 0.355 e. The molecule has 144 valence electrons. The summed E-state index contributed by atoms with van der Waals surface area (Å²) in [5.41, 5.74) is 5.02. The molecule has 1 aromatic carbocycles. The van der Waals surface area contributed by atoms with Crippen LogP contribution in [0.5, 0.6) is 0 Å². The number of rotatable bonds is 5. The lowest BCUT2D eigenvalue weighted by Crippen LogP contribution is -2.18. The monoisotopic (exact) mass is 393 g/mol. The predicted octanol–water partition coefficient (Wildman–Crippen LogP) is 5.06. The quantitative estimate of drug-likeness (QED) is 0.616. The maximum atomic E-state index is 13.1. The highest BCUT2D eigenvalue weighted by Gasteiger charge is 2.34. The second-order valence-electron chi connectivity index (χ2n) is 7.20. The Morgan fingerprint density at radius 1 is 1.21 bits per heavy atom. The van der Waals surface area contributed by atoms with Crippen molar-refractivity contribution in [1.29, 1.82) is 0 Å². The van der Waals surface area contributed by atoms with Crippen molar-refractivity contribution in [2.75, 3.05) is 6.61 Å². The average Bonchev–Trinajstić information content (AvgIpc) is 3.32. The number of hydrogen-bond donors (Lipinski definition) is 1. The number of fused-ring (bicyclic) bond motifs is 1. The van der Waals surface area contributed by atoms with Crippen LogP contribution < -0.4 is 0 Å². The fourth-order valence-corrected chi connectivity index (χ4v) is 4.84. The van der Waals surface area contributed by atoms with Gasteiger partial charge >= 0.3 is 5.97 Å². The largest absolute Gasteiger partial charge is 0.461 e. The third-order valence-corrected chi connectivity index (χ3v) is 6.43. The van der Waals surface area contributed by atoms with Crippen molar-refractivity contribution < 1.29 is 14.3 Å². The first-order valence-electron chi connectivity index (χ1n) is 9.60. The summed E-state index contributed by atoms with van der Waals surface area (Å²) in [7, 11) is 0. The first-order valence-corrected chi connectivity index (χ1v) is 10.5. The van der Waals surface area contributed by atoms with Crippen molar-refractivity contribution in [2.45, 2.75) is 39.0 Å². The second kappa shape index (κ2) is 7.76. The summed E-state index contributed by atoms with van der Waals surface area (Å²) >= 11 is 1.68. The van der Waals surface area contributed by atoms with Crippen molar-refractivity contribution in [3.63, 3.8) is 0 Å². The number of aromatic amines is 1. The number of nitrogens with one attached hydrogen (secondary N) is 1.